The van der Waals surface area contributed by atoms with Gasteiger partial charge in [0.15, 0.2) is 9.84 Å². The number of hydrogen-bond acceptors (Lipinski definition) is 4. The van der Waals surface area contributed by atoms with Crippen LogP contribution in [0.15, 0.2) is 47.4 Å². The van der Waals surface area contributed by atoms with E-state index in [2.05, 4.69) is 17.0 Å². The first-order valence-electron chi connectivity index (χ1n) is 7.69. The largest absolute Gasteiger partial charge is 0.495 e. The average molecular weight is 331 g/mol. The second kappa shape index (κ2) is 6.24. The molecular formula is C18H21NO3S. The van der Waals surface area contributed by atoms with Crippen molar-refractivity contribution in [3.05, 3.63) is 53.6 Å². The fourth-order valence-electron chi connectivity index (χ4n) is 3.08. The van der Waals surface area contributed by atoms with Gasteiger partial charge in [0.25, 0.3) is 0 Å². The van der Waals surface area contributed by atoms with Gasteiger partial charge in [-0.25, -0.2) is 8.42 Å². The third kappa shape index (κ3) is 3.34. The van der Waals surface area contributed by atoms with E-state index in [4.69, 9.17) is 4.74 Å². The van der Waals surface area contributed by atoms with Crippen molar-refractivity contribution in [3.63, 3.8) is 0 Å². The van der Waals surface area contributed by atoms with E-state index in [1.54, 1.807) is 6.07 Å². The van der Waals surface area contributed by atoms with Gasteiger partial charge in [-0.2, -0.15) is 0 Å². The molecule has 122 valence electrons. The molecule has 5 heteroatoms. The number of hydrogen-bond donors (Lipinski definition) is 0. The van der Waals surface area contributed by atoms with Crippen LogP contribution >= 0.6 is 0 Å². The lowest BCUT2D eigenvalue weighted by atomic mass is 10.0. The molecule has 2 aromatic carbocycles. The Morgan fingerprint density at radius 3 is 2.17 bits per heavy atom. The number of nitrogens with zero attached hydrogens (tertiary/aromatic N) is 1. The average Bonchev–Trinajstić information content (AvgIpc) is 2.75. The summed E-state index contributed by atoms with van der Waals surface area (Å²) in [5.41, 5.74) is 3.48. The quantitative estimate of drug-likeness (QED) is 0.867. The van der Waals surface area contributed by atoms with Gasteiger partial charge in [-0.05, 0) is 48.2 Å². The summed E-state index contributed by atoms with van der Waals surface area (Å²) in [7, 11) is -1.78. The Balaban J connectivity index is 1.94. The number of benzene rings is 2. The monoisotopic (exact) mass is 331 g/mol. The maximum atomic E-state index is 12.0. The van der Waals surface area contributed by atoms with Crippen molar-refractivity contribution in [2.45, 2.75) is 17.7 Å². The standard InChI is InChI=1S/C18H21NO3S/c1-22-17-12-14-8-10-19(16-6-4-3-5-7-16)11-9-15(14)13-18(17)23(2,20)21/h3-7,12-13H,8-11H2,1-2H3. The summed E-state index contributed by atoms with van der Waals surface area (Å²) in [6, 6.07) is 14.0. The fourth-order valence-corrected chi connectivity index (χ4v) is 3.94. The number of methoxy groups -OCH3 is 1. The summed E-state index contributed by atoms with van der Waals surface area (Å²) in [6.45, 7) is 1.80. The molecule has 0 radical (unpaired) electrons. The van der Waals surface area contributed by atoms with Crippen molar-refractivity contribution in [1.82, 2.24) is 0 Å². The summed E-state index contributed by atoms with van der Waals surface area (Å²) in [5.74, 6) is 0.444. The van der Waals surface area contributed by atoms with Crippen molar-refractivity contribution >= 4 is 15.5 Å². The normalized spacial score (nSPS) is 15.0. The van der Waals surface area contributed by atoms with E-state index >= 15 is 0 Å². The zero-order valence-electron chi connectivity index (χ0n) is 13.5. The Labute approximate surface area is 137 Å². The Morgan fingerprint density at radius 2 is 1.61 bits per heavy atom. The smallest absolute Gasteiger partial charge is 0.179 e. The Hall–Kier alpha value is -2.01. The van der Waals surface area contributed by atoms with E-state index in [0.29, 0.717) is 5.75 Å². The van der Waals surface area contributed by atoms with Gasteiger partial charge in [0.1, 0.15) is 10.6 Å². The first-order valence-corrected chi connectivity index (χ1v) is 9.58. The molecule has 0 spiro atoms. The van der Waals surface area contributed by atoms with Crippen molar-refractivity contribution in [1.29, 1.82) is 0 Å². The van der Waals surface area contributed by atoms with Crippen LogP contribution in [-0.2, 0) is 22.7 Å². The molecule has 0 aromatic heterocycles. The predicted molar refractivity (Wildman–Crippen MR) is 92.2 cm³/mol. The lowest BCUT2D eigenvalue weighted by molar-refractivity contribution is 0.402. The van der Waals surface area contributed by atoms with Gasteiger partial charge in [0.2, 0.25) is 0 Å². The zero-order chi connectivity index (χ0) is 16.4. The second-order valence-electron chi connectivity index (χ2n) is 5.87. The van der Waals surface area contributed by atoms with Crippen LogP contribution in [0, 0.1) is 0 Å². The Kier molecular flexibility index (Phi) is 4.31. The first kappa shape index (κ1) is 15.9. The minimum atomic E-state index is -3.30. The van der Waals surface area contributed by atoms with E-state index in [1.807, 2.05) is 24.3 Å². The molecule has 1 aliphatic heterocycles. The topological polar surface area (TPSA) is 46.6 Å². The predicted octanol–water partition coefficient (Wildman–Crippen LogP) is 2.70. The highest BCUT2D eigenvalue weighted by molar-refractivity contribution is 7.90. The summed E-state index contributed by atoms with van der Waals surface area (Å²) >= 11 is 0. The van der Waals surface area contributed by atoms with Crippen LogP contribution in [-0.4, -0.2) is 34.9 Å². The summed E-state index contributed by atoms with van der Waals surface area (Å²) in [5, 5.41) is 0. The molecule has 0 saturated heterocycles. The van der Waals surface area contributed by atoms with Crippen LogP contribution in [0.3, 0.4) is 0 Å². The lowest BCUT2D eigenvalue weighted by Gasteiger charge is -2.22. The Morgan fingerprint density at radius 1 is 1.00 bits per heavy atom. The molecular weight excluding hydrogens is 310 g/mol. The fraction of sp³-hybridized carbons (Fsp3) is 0.333. The highest BCUT2D eigenvalue weighted by Crippen LogP contribution is 2.30. The molecule has 0 atom stereocenters. The lowest BCUT2D eigenvalue weighted by Crippen LogP contribution is -2.25. The number of anilines is 1. The van der Waals surface area contributed by atoms with Crippen LogP contribution in [0.1, 0.15) is 11.1 Å². The zero-order valence-corrected chi connectivity index (χ0v) is 14.3. The molecule has 0 bridgehead atoms. The van der Waals surface area contributed by atoms with Crippen LogP contribution in [0.4, 0.5) is 5.69 Å². The summed E-state index contributed by atoms with van der Waals surface area (Å²) < 4.78 is 29.3. The van der Waals surface area contributed by atoms with Gasteiger partial charge in [-0.15, -0.1) is 0 Å². The molecule has 23 heavy (non-hydrogen) atoms. The van der Waals surface area contributed by atoms with Gasteiger partial charge in [0.05, 0.1) is 7.11 Å². The highest BCUT2D eigenvalue weighted by atomic mass is 32.2. The molecule has 1 heterocycles. The number of fused-ring (bicyclic) bond motifs is 1. The van der Waals surface area contributed by atoms with Crippen molar-refractivity contribution < 1.29 is 13.2 Å². The molecule has 1 aliphatic rings. The van der Waals surface area contributed by atoms with Crippen molar-refractivity contribution in [3.8, 4) is 5.75 Å². The molecule has 4 nitrogen and oxygen atoms in total. The third-order valence-corrected chi connectivity index (χ3v) is 5.43. The molecule has 0 unspecified atom stereocenters. The van der Waals surface area contributed by atoms with E-state index < -0.39 is 9.84 Å². The number of sulfone groups is 1. The second-order valence-corrected chi connectivity index (χ2v) is 7.85. The van der Waals surface area contributed by atoms with Gasteiger partial charge in [-0.3, -0.25) is 0 Å². The maximum absolute atomic E-state index is 12.0. The molecule has 2 aromatic rings. The number of rotatable bonds is 3. The number of para-hydroxylation sites is 1. The Bertz CT molecular complexity index is 801. The molecule has 3 rings (SSSR count). The molecule has 0 fully saturated rings. The summed E-state index contributed by atoms with van der Waals surface area (Å²) in [6.07, 6.45) is 2.94. The van der Waals surface area contributed by atoms with Gasteiger partial charge >= 0.3 is 0 Å². The van der Waals surface area contributed by atoms with Gasteiger partial charge < -0.3 is 9.64 Å². The van der Waals surface area contributed by atoms with E-state index in [9.17, 15) is 8.42 Å². The van der Waals surface area contributed by atoms with Crippen molar-refractivity contribution in [2.24, 2.45) is 0 Å². The maximum Gasteiger partial charge on any atom is 0.179 e. The molecule has 0 N–H and O–H groups in total. The van der Waals surface area contributed by atoms with Crippen molar-refractivity contribution in [2.75, 3.05) is 31.4 Å². The summed E-state index contributed by atoms with van der Waals surface area (Å²) in [4.78, 5) is 2.62. The van der Waals surface area contributed by atoms with Crippen LogP contribution < -0.4 is 9.64 Å². The minimum Gasteiger partial charge on any atom is -0.495 e. The van der Waals surface area contributed by atoms with Crippen LogP contribution in [0.25, 0.3) is 0 Å². The minimum absolute atomic E-state index is 0.284. The first-order chi connectivity index (χ1) is 11.0. The third-order valence-electron chi connectivity index (χ3n) is 4.31. The van der Waals surface area contributed by atoms with Crippen LogP contribution in [0.5, 0.6) is 5.75 Å². The molecule has 0 amide bonds. The number of ether oxygens (including phenoxy) is 1. The SMILES string of the molecule is COc1cc2c(cc1S(C)(=O)=O)CCN(c1ccccc1)CC2. The van der Waals surface area contributed by atoms with Gasteiger partial charge in [0, 0.05) is 25.0 Å². The molecule has 0 saturated carbocycles. The highest BCUT2D eigenvalue weighted by Gasteiger charge is 2.21. The molecule has 0 aliphatic carbocycles. The van der Waals surface area contributed by atoms with E-state index in [1.165, 1.54) is 24.6 Å². The van der Waals surface area contributed by atoms with E-state index in [0.717, 1.165) is 31.5 Å². The van der Waals surface area contributed by atoms with E-state index in [-0.39, 0.29) is 4.90 Å². The van der Waals surface area contributed by atoms with Gasteiger partial charge in [-0.1, -0.05) is 18.2 Å². The van der Waals surface area contributed by atoms with Crippen LogP contribution in [0.2, 0.25) is 0 Å².